The van der Waals surface area contributed by atoms with E-state index in [9.17, 15) is 4.79 Å². The van der Waals surface area contributed by atoms with E-state index in [4.69, 9.17) is 4.74 Å². The van der Waals surface area contributed by atoms with E-state index in [0.29, 0.717) is 12.5 Å². The lowest BCUT2D eigenvalue weighted by Gasteiger charge is -2.16. The molecular weight excluding hydrogens is 176 g/mol. The highest BCUT2D eigenvalue weighted by Gasteiger charge is 2.12. The highest BCUT2D eigenvalue weighted by Crippen LogP contribution is 2.14. The van der Waals surface area contributed by atoms with Crippen molar-refractivity contribution in [1.29, 1.82) is 0 Å². The van der Waals surface area contributed by atoms with Crippen molar-refractivity contribution in [2.75, 3.05) is 6.61 Å². The minimum absolute atomic E-state index is 0.00102. The van der Waals surface area contributed by atoms with E-state index < -0.39 is 0 Å². The molecule has 2 nitrogen and oxygen atoms in total. The summed E-state index contributed by atoms with van der Waals surface area (Å²) < 4.78 is 5.23. The van der Waals surface area contributed by atoms with Crippen LogP contribution in [0.5, 0.6) is 0 Å². The van der Waals surface area contributed by atoms with E-state index in [1.54, 1.807) is 0 Å². The normalized spacial score (nSPS) is 11.0. The van der Waals surface area contributed by atoms with Crippen LogP contribution in [0.25, 0.3) is 0 Å². The number of hydrogen-bond acceptors (Lipinski definition) is 2. The van der Waals surface area contributed by atoms with Gasteiger partial charge in [0, 0.05) is 0 Å². The first-order valence-corrected chi connectivity index (χ1v) is 5.78. The smallest absolute Gasteiger partial charge is 0.308 e. The van der Waals surface area contributed by atoms with Gasteiger partial charge in [-0.3, -0.25) is 4.79 Å². The van der Waals surface area contributed by atoms with Crippen LogP contribution in [0.4, 0.5) is 0 Å². The van der Waals surface area contributed by atoms with Gasteiger partial charge in [0.2, 0.25) is 0 Å². The molecule has 2 heteroatoms. The van der Waals surface area contributed by atoms with E-state index in [1.165, 1.54) is 25.7 Å². The zero-order chi connectivity index (χ0) is 11.0. The fourth-order valence-electron chi connectivity index (χ4n) is 1.49. The van der Waals surface area contributed by atoms with Crippen molar-refractivity contribution in [1.82, 2.24) is 0 Å². The maximum Gasteiger partial charge on any atom is 0.308 e. The molecule has 0 spiro atoms. The Hall–Kier alpha value is -0.530. The first kappa shape index (κ1) is 13.5. The molecule has 0 aromatic heterocycles. The standard InChI is InChI=1S/C12H24O2/c1-5-7-11(8-6-2)9-14-12(13)10(3)4/h10-11H,5-9H2,1-4H3. The third kappa shape index (κ3) is 6.01. The van der Waals surface area contributed by atoms with Crippen molar-refractivity contribution in [3.8, 4) is 0 Å². The first-order chi connectivity index (χ1) is 6.61. The lowest BCUT2D eigenvalue weighted by Crippen LogP contribution is -2.17. The Kier molecular flexibility index (Phi) is 7.54. The second kappa shape index (κ2) is 7.84. The third-order valence-corrected chi connectivity index (χ3v) is 2.33. The van der Waals surface area contributed by atoms with Crippen molar-refractivity contribution in [3.63, 3.8) is 0 Å². The van der Waals surface area contributed by atoms with Crippen LogP contribution >= 0.6 is 0 Å². The van der Waals surface area contributed by atoms with Crippen LogP contribution < -0.4 is 0 Å². The van der Waals surface area contributed by atoms with Crippen LogP contribution in [0, 0.1) is 11.8 Å². The molecule has 0 aliphatic rings. The molecular formula is C12H24O2. The Morgan fingerprint density at radius 3 is 2.00 bits per heavy atom. The molecule has 0 radical (unpaired) electrons. The Labute approximate surface area is 88.0 Å². The summed E-state index contributed by atoms with van der Waals surface area (Å²) >= 11 is 0. The van der Waals surface area contributed by atoms with E-state index in [1.807, 2.05) is 13.8 Å². The third-order valence-electron chi connectivity index (χ3n) is 2.33. The number of carbonyl (C=O) groups excluding carboxylic acids is 1. The molecule has 14 heavy (non-hydrogen) atoms. The summed E-state index contributed by atoms with van der Waals surface area (Å²) in [6, 6.07) is 0. The first-order valence-electron chi connectivity index (χ1n) is 5.78. The van der Waals surface area contributed by atoms with Crippen molar-refractivity contribution in [2.24, 2.45) is 11.8 Å². The average molecular weight is 200 g/mol. The van der Waals surface area contributed by atoms with Crippen molar-refractivity contribution in [2.45, 2.75) is 53.4 Å². The lowest BCUT2D eigenvalue weighted by molar-refractivity contribution is -0.148. The Morgan fingerprint density at radius 1 is 1.14 bits per heavy atom. The number of ether oxygens (including phenoxy) is 1. The summed E-state index contributed by atoms with van der Waals surface area (Å²) in [6.45, 7) is 8.70. The summed E-state index contributed by atoms with van der Waals surface area (Å²) in [7, 11) is 0. The molecule has 0 N–H and O–H groups in total. The van der Waals surface area contributed by atoms with Crippen molar-refractivity contribution < 1.29 is 9.53 Å². The maximum atomic E-state index is 11.2. The Balaban J connectivity index is 3.74. The molecule has 0 saturated heterocycles. The molecule has 0 aliphatic heterocycles. The predicted octanol–water partition coefficient (Wildman–Crippen LogP) is 3.40. The topological polar surface area (TPSA) is 26.3 Å². The van der Waals surface area contributed by atoms with Crippen LogP contribution in [0.15, 0.2) is 0 Å². The molecule has 0 rings (SSSR count). The average Bonchev–Trinajstić information content (AvgIpc) is 2.14. The van der Waals surface area contributed by atoms with Gasteiger partial charge in [-0.25, -0.2) is 0 Å². The van der Waals surface area contributed by atoms with Gasteiger partial charge in [0.25, 0.3) is 0 Å². The number of rotatable bonds is 7. The van der Waals surface area contributed by atoms with Gasteiger partial charge in [0.1, 0.15) is 0 Å². The monoisotopic (exact) mass is 200 g/mol. The van der Waals surface area contributed by atoms with Gasteiger partial charge < -0.3 is 4.74 Å². The maximum absolute atomic E-state index is 11.2. The van der Waals surface area contributed by atoms with Gasteiger partial charge in [-0.2, -0.15) is 0 Å². The van der Waals surface area contributed by atoms with Gasteiger partial charge in [-0.15, -0.1) is 0 Å². The second-order valence-electron chi connectivity index (χ2n) is 4.23. The zero-order valence-electron chi connectivity index (χ0n) is 10.0. The molecule has 0 amide bonds. The zero-order valence-corrected chi connectivity index (χ0v) is 10.0. The van der Waals surface area contributed by atoms with Crippen LogP contribution in [-0.2, 0) is 9.53 Å². The largest absolute Gasteiger partial charge is 0.465 e. The minimum atomic E-state index is -0.0674. The summed E-state index contributed by atoms with van der Waals surface area (Å²) in [4.78, 5) is 11.2. The summed E-state index contributed by atoms with van der Waals surface area (Å²) in [5, 5.41) is 0. The molecule has 0 heterocycles. The highest BCUT2D eigenvalue weighted by atomic mass is 16.5. The molecule has 0 saturated carbocycles. The number of esters is 1. The molecule has 0 fully saturated rings. The number of carbonyl (C=O) groups is 1. The minimum Gasteiger partial charge on any atom is -0.465 e. The van der Waals surface area contributed by atoms with Crippen LogP contribution in [0.3, 0.4) is 0 Å². The fraction of sp³-hybridized carbons (Fsp3) is 0.917. The van der Waals surface area contributed by atoms with Crippen LogP contribution in [-0.4, -0.2) is 12.6 Å². The Morgan fingerprint density at radius 2 is 1.64 bits per heavy atom. The number of hydrogen-bond donors (Lipinski definition) is 0. The van der Waals surface area contributed by atoms with Gasteiger partial charge in [-0.1, -0.05) is 40.5 Å². The molecule has 0 aliphatic carbocycles. The lowest BCUT2D eigenvalue weighted by atomic mass is 9.99. The van der Waals surface area contributed by atoms with Gasteiger partial charge in [0.05, 0.1) is 12.5 Å². The molecule has 84 valence electrons. The predicted molar refractivity (Wildman–Crippen MR) is 59.1 cm³/mol. The molecule has 0 bridgehead atoms. The summed E-state index contributed by atoms with van der Waals surface area (Å²) in [5.41, 5.74) is 0. The van der Waals surface area contributed by atoms with E-state index >= 15 is 0 Å². The van der Waals surface area contributed by atoms with Gasteiger partial charge >= 0.3 is 5.97 Å². The highest BCUT2D eigenvalue weighted by molar-refractivity contribution is 5.71. The van der Waals surface area contributed by atoms with Crippen molar-refractivity contribution >= 4 is 5.97 Å². The molecule has 0 atom stereocenters. The molecule has 0 aromatic carbocycles. The SMILES string of the molecule is CCCC(CCC)COC(=O)C(C)C. The van der Waals surface area contributed by atoms with Gasteiger partial charge in [0.15, 0.2) is 0 Å². The summed E-state index contributed by atoms with van der Waals surface area (Å²) in [6.07, 6.45) is 4.67. The van der Waals surface area contributed by atoms with Crippen LogP contribution in [0.1, 0.15) is 53.4 Å². The van der Waals surface area contributed by atoms with Gasteiger partial charge in [-0.05, 0) is 18.8 Å². The van der Waals surface area contributed by atoms with E-state index in [2.05, 4.69) is 13.8 Å². The quantitative estimate of drug-likeness (QED) is 0.589. The Bertz CT molecular complexity index is 146. The van der Waals surface area contributed by atoms with Crippen LogP contribution in [0.2, 0.25) is 0 Å². The fourth-order valence-corrected chi connectivity index (χ4v) is 1.49. The summed E-state index contributed by atoms with van der Waals surface area (Å²) in [5.74, 6) is 0.494. The van der Waals surface area contributed by atoms with E-state index in [-0.39, 0.29) is 11.9 Å². The van der Waals surface area contributed by atoms with Crippen molar-refractivity contribution in [3.05, 3.63) is 0 Å². The van der Waals surface area contributed by atoms with E-state index in [0.717, 1.165) is 0 Å². The second-order valence-corrected chi connectivity index (χ2v) is 4.23. The molecule has 0 aromatic rings. The molecule has 0 unspecified atom stereocenters.